The smallest absolute Gasteiger partial charge is 0.295 e. The summed E-state index contributed by atoms with van der Waals surface area (Å²) in [6.45, 7) is 0.586. The lowest BCUT2D eigenvalue weighted by Gasteiger charge is -2.38. The molecule has 0 aromatic heterocycles. The van der Waals surface area contributed by atoms with Crippen molar-refractivity contribution in [2.24, 2.45) is 5.73 Å². The van der Waals surface area contributed by atoms with Gasteiger partial charge in [0.05, 0.1) is 4.92 Å². The summed E-state index contributed by atoms with van der Waals surface area (Å²) in [4.78, 5) is 11.3. The van der Waals surface area contributed by atoms with Gasteiger partial charge < -0.3 is 10.6 Å². The Balaban J connectivity index is 2.47. The number of nitro benzene ring substituents is 1. The Bertz CT molecular complexity index is 447. The molecule has 0 unspecified atom stereocenters. The van der Waals surface area contributed by atoms with Crippen molar-refractivity contribution < 1.29 is 13.7 Å². The molecule has 86 valence electrons. The molecular weight excluding hydrogens is 220 g/mol. The maximum atomic E-state index is 13.5. The zero-order valence-electron chi connectivity index (χ0n) is 8.19. The number of hydrogen-bond acceptors (Lipinski definition) is 4. The first-order valence-corrected chi connectivity index (χ1v) is 4.63. The average Bonchev–Trinajstić information content (AvgIpc) is 2.17. The van der Waals surface area contributed by atoms with E-state index >= 15 is 0 Å². The second-order valence-corrected chi connectivity index (χ2v) is 3.65. The molecule has 1 heterocycles. The van der Waals surface area contributed by atoms with Gasteiger partial charge in [-0.25, -0.2) is 8.78 Å². The van der Waals surface area contributed by atoms with Gasteiger partial charge in [0, 0.05) is 25.2 Å². The van der Waals surface area contributed by atoms with Crippen molar-refractivity contribution in [1.82, 2.24) is 0 Å². The van der Waals surface area contributed by atoms with E-state index in [0.29, 0.717) is 13.1 Å². The predicted molar refractivity (Wildman–Crippen MR) is 53.2 cm³/mol. The number of hydrogen-bond donors (Lipinski definition) is 1. The molecule has 2 rings (SSSR count). The quantitative estimate of drug-likeness (QED) is 0.607. The van der Waals surface area contributed by atoms with Gasteiger partial charge in [0.2, 0.25) is 0 Å². The number of benzene rings is 1. The van der Waals surface area contributed by atoms with E-state index in [1.807, 2.05) is 0 Å². The van der Waals surface area contributed by atoms with Gasteiger partial charge in [-0.2, -0.15) is 0 Å². The lowest BCUT2D eigenvalue weighted by Crippen LogP contribution is -2.56. The van der Waals surface area contributed by atoms with Gasteiger partial charge in [-0.05, 0) is 6.07 Å². The Kier molecular flexibility index (Phi) is 2.47. The van der Waals surface area contributed by atoms with E-state index in [0.717, 1.165) is 12.1 Å². The van der Waals surface area contributed by atoms with Gasteiger partial charge in [0.25, 0.3) is 5.69 Å². The summed E-state index contributed by atoms with van der Waals surface area (Å²) in [5.74, 6) is -2.29. The summed E-state index contributed by atoms with van der Waals surface area (Å²) in [6.07, 6.45) is 0. The lowest BCUT2D eigenvalue weighted by molar-refractivity contribution is -0.384. The molecule has 1 fully saturated rings. The molecule has 0 spiro atoms. The zero-order chi connectivity index (χ0) is 11.9. The van der Waals surface area contributed by atoms with E-state index in [1.54, 1.807) is 0 Å². The second-order valence-electron chi connectivity index (χ2n) is 3.65. The largest absolute Gasteiger partial charge is 0.360 e. The van der Waals surface area contributed by atoms with Crippen molar-refractivity contribution in [1.29, 1.82) is 0 Å². The van der Waals surface area contributed by atoms with Crippen LogP contribution < -0.4 is 10.6 Å². The molecule has 16 heavy (non-hydrogen) atoms. The van der Waals surface area contributed by atoms with Gasteiger partial charge in [0.15, 0.2) is 17.3 Å². The summed E-state index contributed by atoms with van der Waals surface area (Å²) in [6, 6.07) is 1.55. The molecule has 1 aromatic rings. The standard InChI is InChI=1S/C9H9F2N3O2/c10-6-1-2-7(14(15)16)9(8(6)11)13-3-5(12)4-13/h1-2,5H,3-4,12H2. The molecule has 2 N–H and O–H groups in total. The minimum absolute atomic E-state index is 0.151. The van der Waals surface area contributed by atoms with Crippen LogP contribution in [-0.2, 0) is 0 Å². The Hall–Kier alpha value is -1.76. The van der Waals surface area contributed by atoms with Crippen molar-refractivity contribution in [2.45, 2.75) is 6.04 Å². The van der Waals surface area contributed by atoms with E-state index in [1.165, 1.54) is 4.90 Å². The molecule has 7 heteroatoms. The zero-order valence-corrected chi connectivity index (χ0v) is 8.19. The highest BCUT2D eigenvalue weighted by Gasteiger charge is 2.33. The molecule has 0 bridgehead atoms. The topological polar surface area (TPSA) is 72.4 Å². The highest BCUT2D eigenvalue weighted by atomic mass is 19.2. The third-order valence-corrected chi connectivity index (χ3v) is 2.47. The summed E-state index contributed by atoms with van der Waals surface area (Å²) in [5, 5.41) is 10.7. The van der Waals surface area contributed by atoms with Crippen LogP contribution in [0.25, 0.3) is 0 Å². The molecule has 0 radical (unpaired) electrons. The van der Waals surface area contributed by atoms with Crippen molar-refractivity contribution >= 4 is 11.4 Å². The summed E-state index contributed by atoms with van der Waals surface area (Å²) < 4.78 is 26.4. The first kappa shape index (κ1) is 10.7. The Morgan fingerprint density at radius 2 is 2.06 bits per heavy atom. The highest BCUT2D eigenvalue weighted by molar-refractivity contribution is 5.65. The summed E-state index contributed by atoms with van der Waals surface area (Å²) >= 11 is 0. The van der Waals surface area contributed by atoms with Gasteiger partial charge in [-0.3, -0.25) is 10.1 Å². The van der Waals surface area contributed by atoms with Crippen LogP contribution in [0.5, 0.6) is 0 Å². The van der Waals surface area contributed by atoms with E-state index in [2.05, 4.69) is 0 Å². The van der Waals surface area contributed by atoms with Crippen LogP contribution in [-0.4, -0.2) is 24.1 Å². The monoisotopic (exact) mass is 229 g/mol. The normalized spacial score (nSPS) is 16.1. The summed E-state index contributed by atoms with van der Waals surface area (Å²) in [5.41, 5.74) is 4.74. The minimum Gasteiger partial charge on any atom is -0.360 e. The highest BCUT2D eigenvalue weighted by Crippen LogP contribution is 2.34. The summed E-state index contributed by atoms with van der Waals surface area (Å²) in [7, 11) is 0. The first-order chi connectivity index (χ1) is 7.50. The molecule has 0 atom stereocenters. The van der Waals surface area contributed by atoms with Crippen LogP contribution in [0.15, 0.2) is 12.1 Å². The number of halogens is 2. The van der Waals surface area contributed by atoms with Gasteiger partial charge in [-0.1, -0.05) is 0 Å². The van der Waals surface area contributed by atoms with Crippen LogP contribution in [0.4, 0.5) is 20.2 Å². The molecule has 1 aromatic carbocycles. The van der Waals surface area contributed by atoms with Gasteiger partial charge >= 0.3 is 0 Å². The lowest BCUT2D eigenvalue weighted by atomic mass is 10.1. The van der Waals surface area contributed by atoms with Crippen molar-refractivity contribution in [3.05, 3.63) is 33.9 Å². The average molecular weight is 229 g/mol. The van der Waals surface area contributed by atoms with Crippen molar-refractivity contribution in [3.63, 3.8) is 0 Å². The molecular formula is C9H9F2N3O2. The molecule has 0 saturated carbocycles. The van der Waals surface area contributed by atoms with Crippen LogP contribution in [0.2, 0.25) is 0 Å². The van der Waals surface area contributed by atoms with E-state index < -0.39 is 22.2 Å². The minimum atomic E-state index is -1.19. The molecule has 0 aliphatic carbocycles. The van der Waals surface area contributed by atoms with Crippen LogP contribution in [0.3, 0.4) is 0 Å². The fourth-order valence-corrected chi connectivity index (χ4v) is 1.67. The maximum Gasteiger partial charge on any atom is 0.295 e. The van der Waals surface area contributed by atoms with Crippen molar-refractivity contribution in [2.75, 3.05) is 18.0 Å². The number of nitrogens with two attached hydrogens (primary N) is 1. The number of anilines is 1. The fraction of sp³-hybridized carbons (Fsp3) is 0.333. The Morgan fingerprint density at radius 1 is 1.44 bits per heavy atom. The van der Waals surface area contributed by atoms with Gasteiger partial charge in [0.1, 0.15) is 0 Å². The SMILES string of the molecule is NC1CN(c2c([N+](=O)[O-])ccc(F)c2F)C1. The van der Waals surface area contributed by atoms with Crippen LogP contribution in [0.1, 0.15) is 0 Å². The third kappa shape index (κ3) is 1.58. The number of rotatable bonds is 2. The molecule has 1 aliphatic rings. The molecule has 5 nitrogen and oxygen atoms in total. The van der Waals surface area contributed by atoms with Crippen LogP contribution in [0, 0.1) is 21.7 Å². The Labute approximate surface area is 89.6 Å². The molecule has 1 saturated heterocycles. The molecule has 0 amide bonds. The first-order valence-electron chi connectivity index (χ1n) is 4.63. The van der Waals surface area contributed by atoms with E-state index in [4.69, 9.17) is 5.73 Å². The number of nitro groups is 1. The molecule has 1 aliphatic heterocycles. The second kappa shape index (κ2) is 3.67. The Morgan fingerprint density at radius 3 is 2.56 bits per heavy atom. The van der Waals surface area contributed by atoms with E-state index in [-0.39, 0.29) is 11.7 Å². The predicted octanol–water partition coefficient (Wildman–Crippen LogP) is 1.02. The maximum absolute atomic E-state index is 13.5. The number of nitrogens with zero attached hydrogens (tertiary/aromatic N) is 2. The van der Waals surface area contributed by atoms with Crippen LogP contribution >= 0.6 is 0 Å². The van der Waals surface area contributed by atoms with Crippen molar-refractivity contribution in [3.8, 4) is 0 Å². The fourth-order valence-electron chi connectivity index (χ4n) is 1.67. The van der Waals surface area contributed by atoms with E-state index in [9.17, 15) is 18.9 Å². The van der Waals surface area contributed by atoms with Gasteiger partial charge in [-0.15, -0.1) is 0 Å². The third-order valence-electron chi connectivity index (χ3n) is 2.47.